The Morgan fingerprint density at radius 2 is 1.61 bits per heavy atom. The van der Waals surface area contributed by atoms with Crippen LogP contribution in [-0.4, -0.2) is 73.4 Å². The first kappa shape index (κ1) is 43.6. The zero-order valence-electron chi connectivity index (χ0n) is 30.7. The number of aromatic amines is 1. The molecule has 4 aromatic rings. The van der Waals surface area contributed by atoms with E-state index in [9.17, 15) is 34.2 Å². The van der Waals surface area contributed by atoms with Crippen molar-refractivity contribution in [1.29, 1.82) is 0 Å². The summed E-state index contributed by atoms with van der Waals surface area (Å²) in [5.41, 5.74) is 1.94. The number of nitrogens with zero attached hydrogens (tertiary/aromatic N) is 3. The van der Waals surface area contributed by atoms with Crippen LogP contribution in [0.25, 0.3) is 0 Å². The van der Waals surface area contributed by atoms with Crippen LogP contribution in [0, 0.1) is 16.0 Å². The number of carbonyl (C=O) groups excluding carboxylic acids is 4. The molecule has 5 N–H and O–H groups in total. The van der Waals surface area contributed by atoms with Crippen molar-refractivity contribution in [2.24, 2.45) is 5.92 Å². The van der Waals surface area contributed by atoms with Crippen LogP contribution in [0.5, 0.6) is 0 Å². The molecule has 296 valence electrons. The number of rotatable bonds is 22. The van der Waals surface area contributed by atoms with Crippen molar-refractivity contribution in [2.45, 2.75) is 69.4 Å². The van der Waals surface area contributed by atoms with Crippen LogP contribution in [0.15, 0.2) is 96.5 Å². The SMILES string of the molecule is CCC(C)C(NC(=O)[C@H](Cc1c[nH]cn1)NC(=O)[C@H](Cc1ccccc1)NC(=O)CCSSc1ncccc1[N+](=O)[O-])O/[P+]([O-])=C/C(=O)NCc1ccccc1. The summed E-state index contributed by atoms with van der Waals surface area (Å²) in [6.45, 7) is 3.86. The zero-order valence-corrected chi connectivity index (χ0v) is 33.2. The van der Waals surface area contributed by atoms with Crippen LogP contribution < -0.4 is 26.2 Å². The van der Waals surface area contributed by atoms with Crippen molar-refractivity contribution in [3.8, 4) is 0 Å². The number of hydrogen-bond donors (Lipinski definition) is 5. The van der Waals surface area contributed by atoms with Gasteiger partial charge in [-0.15, -0.1) is 0 Å². The molecule has 0 aliphatic heterocycles. The highest BCUT2D eigenvalue weighted by molar-refractivity contribution is 8.76. The summed E-state index contributed by atoms with van der Waals surface area (Å²) in [6, 6.07) is 18.8. The molecule has 0 radical (unpaired) electrons. The number of nitrogens with one attached hydrogen (secondary N) is 5. The van der Waals surface area contributed by atoms with Crippen molar-refractivity contribution in [1.82, 2.24) is 36.2 Å². The van der Waals surface area contributed by atoms with E-state index in [-0.39, 0.29) is 48.2 Å². The van der Waals surface area contributed by atoms with Gasteiger partial charge in [-0.3, -0.25) is 29.3 Å². The maximum atomic E-state index is 13.9. The molecule has 16 nitrogen and oxygen atoms in total. The quantitative estimate of drug-likeness (QED) is 0.0191. The second-order valence-corrected chi connectivity index (χ2v) is 15.9. The van der Waals surface area contributed by atoms with Crippen LogP contribution >= 0.6 is 29.6 Å². The number of aromatic nitrogens is 3. The van der Waals surface area contributed by atoms with Crippen molar-refractivity contribution >= 4 is 64.7 Å². The van der Waals surface area contributed by atoms with E-state index in [0.717, 1.165) is 27.7 Å². The third-order valence-electron chi connectivity index (χ3n) is 8.23. The van der Waals surface area contributed by atoms with Gasteiger partial charge in [0.2, 0.25) is 31.5 Å². The second-order valence-electron chi connectivity index (χ2n) is 12.4. The number of pyridine rings is 1. The van der Waals surface area contributed by atoms with Gasteiger partial charge < -0.3 is 31.1 Å². The van der Waals surface area contributed by atoms with Gasteiger partial charge in [0.25, 0.3) is 5.91 Å². The third-order valence-corrected chi connectivity index (χ3v) is 11.4. The summed E-state index contributed by atoms with van der Waals surface area (Å²) in [6.07, 6.45) is 3.95. The lowest BCUT2D eigenvalue weighted by Crippen LogP contribution is -2.57. The van der Waals surface area contributed by atoms with Gasteiger partial charge in [0.1, 0.15) is 12.1 Å². The topological polar surface area (TPSA) is 233 Å². The van der Waals surface area contributed by atoms with Gasteiger partial charge in [0.05, 0.1) is 16.9 Å². The maximum absolute atomic E-state index is 13.9. The van der Waals surface area contributed by atoms with E-state index in [1.165, 1.54) is 35.5 Å². The molecule has 0 aliphatic carbocycles. The molecule has 3 unspecified atom stereocenters. The first-order valence-corrected chi connectivity index (χ1v) is 21.2. The Labute approximate surface area is 332 Å². The Bertz CT molecular complexity index is 1930. The normalized spacial score (nSPS) is 13.4. The first-order valence-electron chi connectivity index (χ1n) is 17.6. The van der Waals surface area contributed by atoms with Crippen molar-refractivity contribution in [3.63, 3.8) is 0 Å². The van der Waals surface area contributed by atoms with Gasteiger partial charge in [-0.2, -0.15) is 4.52 Å². The van der Waals surface area contributed by atoms with Gasteiger partial charge in [-0.05, 0) is 34.4 Å². The Morgan fingerprint density at radius 1 is 0.929 bits per heavy atom. The molecule has 2 aromatic heterocycles. The molecule has 0 aliphatic rings. The highest BCUT2D eigenvalue weighted by Gasteiger charge is 2.32. The van der Waals surface area contributed by atoms with Crippen LogP contribution in [0.3, 0.4) is 0 Å². The lowest BCUT2D eigenvalue weighted by Gasteiger charge is -2.26. The fourth-order valence-corrected chi connectivity index (χ4v) is 7.88. The predicted octanol–water partition coefficient (Wildman–Crippen LogP) is 3.59. The molecule has 5 atom stereocenters. The molecule has 0 spiro atoms. The minimum absolute atomic E-state index is 0.0125. The second kappa shape index (κ2) is 23.1. The summed E-state index contributed by atoms with van der Waals surface area (Å²) in [5, 5.41) is 22.5. The Hall–Kier alpha value is -5.13. The molecule has 2 aromatic carbocycles. The minimum Gasteiger partial charge on any atom is -0.603 e. The number of amides is 4. The molecule has 4 amide bonds. The van der Waals surface area contributed by atoms with E-state index in [1.807, 2.05) is 43.3 Å². The van der Waals surface area contributed by atoms with Gasteiger partial charge in [-0.25, -0.2) is 9.97 Å². The summed E-state index contributed by atoms with van der Waals surface area (Å²) < 4.78 is 5.69. The molecule has 0 fully saturated rings. The van der Waals surface area contributed by atoms with E-state index in [0.29, 0.717) is 12.1 Å². The molecule has 0 bridgehead atoms. The lowest BCUT2D eigenvalue weighted by atomic mass is 10.0. The monoisotopic (exact) mass is 822 g/mol. The molecule has 0 saturated heterocycles. The summed E-state index contributed by atoms with van der Waals surface area (Å²) in [7, 11) is -0.365. The number of nitro groups is 1. The summed E-state index contributed by atoms with van der Waals surface area (Å²) >= 11 is 0. The fourth-order valence-electron chi connectivity index (χ4n) is 5.03. The van der Waals surface area contributed by atoms with Crippen LogP contribution in [0.4, 0.5) is 5.69 Å². The van der Waals surface area contributed by atoms with Gasteiger partial charge in [0.15, 0.2) is 11.3 Å². The van der Waals surface area contributed by atoms with Gasteiger partial charge >= 0.3 is 5.69 Å². The molecule has 2 heterocycles. The molecule has 4 rings (SSSR count). The average molecular weight is 823 g/mol. The minimum atomic E-state index is -2.65. The first-order chi connectivity index (χ1) is 27.0. The van der Waals surface area contributed by atoms with Crippen LogP contribution in [0.2, 0.25) is 0 Å². The van der Waals surface area contributed by atoms with Gasteiger partial charge in [0, 0.05) is 55.9 Å². The maximum Gasteiger partial charge on any atom is 0.302 e. The number of benzene rings is 2. The average Bonchev–Trinajstić information content (AvgIpc) is 3.71. The van der Waals surface area contributed by atoms with Crippen LogP contribution in [0.1, 0.15) is 43.5 Å². The van der Waals surface area contributed by atoms with E-state index >= 15 is 0 Å². The van der Waals surface area contributed by atoms with E-state index in [4.69, 9.17) is 4.52 Å². The number of H-pyrrole nitrogens is 1. The lowest BCUT2D eigenvalue weighted by molar-refractivity contribution is -0.388. The molecular weight excluding hydrogens is 780 g/mol. The molecular formula is C37H43N8O8PS2. The Balaban J connectivity index is 1.43. The van der Waals surface area contributed by atoms with Crippen LogP contribution in [-0.2, 0) is 43.1 Å². The van der Waals surface area contributed by atoms with Gasteiger partial charge in [-0.1, -0.05) is 85.3 Å². The number of imidazole rings is 1. The van der Waals surface area contributed by atoms with Crippen molar-refractivity contribution < 1.29 is 33.5 Å². The smallest absolute Gasteiger partial charge is 0.302 e. The standard InChI is InChI=1S/C37H43N8O8PS2/c1-3-25(2)36(53-54(52)23-33(47)40-21-27-13-8-5-9-14-27)44-35(49)30(20-28-22-38-24-41-28)43-34(48)29(19-26-11-6-4-7-12-26)42-32(46)16-18-55-56-37-31(45(50)51)15-10-17-39-37/h4-15,17,22-25,29-30,36H,3,16,18-21H2,1-2H3,(H,38,41)(H,40,47)(H,42,46)(H,43,48)(H,44,49)/t25?,29-,30-,36?/m0/s1. The number of carbonyl (C=O) groups is 4. The number of hydrogen-bond acceptors (Lipinski definition) is 12. The van der Waals surface area contributed by atoms with Crippen molar-refractivity contribution in [2.75, 3.05) is 5.75 Å². The zero-order chi connectivity index (χ0) is 40.3. The third kappa shape index (κ3) is 14.8. The fraction of sp³-hybridized carbons (Fsp3) is 0.324. The Morgan fingerprint density at radius 3 is 2.27 bits per heavy atom. The van der Waals surface area contributed by atoms with E-state index in [1.54, 1.807) is 37.4 Å². The highest BCUT2D eigenvalue weighted by Crippen LogP contribution is 2.35. The largest absolute Gasteiger partial charge is 0.603 e. The van der Waals surface area contributed by atoms with E-state index < -0.39 is 54.9 Å². The van der Waals surface area contributed by atoms with Crippen molar-refractivity contribution in [3.05, 3.63) is 118 Å². The predicted molar refractivity (Wildman–Crippen MR) is 214 cm³/mol. The summed E-state index contributed by atoms with van der Waals surface area (Å²) in [5.74, 6) is -1.51. The molecule has 56 heavy (non-hydrogen) atoms. The highest BCUT2D eigenvalue weighted by atomic mass is 33.1. The Kier molecular flexibility index (Phi) is 18.0. The molecule has 0 saturated carbocycles. The molecule has 19 heteroatoms. The summed E-state index contributed by atoms with van der Waals surface area (Å²) in [4.78, 5) is 88.3. The van der Waals surface area contributed by atoms with E-state index in [2.05, 4.69) is 36.2 Å².